The summed E-state index contributed by atoms with van der Waals surface area (Å²) in [4.78, 5) is 17.2. The van der Waals surface area contributed by atoms with Crippen LogP contribution in [0, 0.1) is 11.8 Å². The molecule has 1 N–H and O–H groups in total. The third-order valence-electron chi connectivity index (χ3n) is 4.04. The van der Waals surface area contributed by atoms with Crippen LogP contribution in [0.2, 0.25) is 0 Å². The van der Waals surface area contributed by atoms with Crippen molar-refractivity contribution in [3.63, 3.8) is 0 Å². The maximum absolute atomic E-state index is 12.9. The number of ketones is 1. The number of nitrogens with zero attached hydrogens (tertiary/aromatic N) is 1. The maximum Gasteiger partial charge on any atom is 0.264 e. The molecular weight excluding hydrogens is 264 g/mol. The van der Waals surface area contributed by atoms with Crippen molar-refractivity contribution in [2.45, 2.75) is 39.7 Å². The zero-order valence-electron chi connectivity index (χ0n) is 13.4. The van der Waals surface area contributed by atoms with Gasteiger partial charge < -0.3 is 9.73 Å². The van der Waals surface area contributed by atoms with E-state index in [2.05, 4.69) is 24.1 Å². The van der Waals surface area contributed by atoms with Crippen molar-refractivity contribution in [2.75, 3.05) is 7.05 Å². The normalized spacial score (nSPS) is 13.8. The molecule has 2 rings (SSSR count). The summed E-state index contributed by atoms with van der Waals surface area (Å²) in [7, 11) is 1.88. The standard InChI is InChI=1S/C17H24N2O2/c1-11(2)10-12(17(3,4)18-5)15(20)16-19-13-8-6-7-9-14(13)21-16/h6-9,11-12,18H,10H2,1-5H3/t12-/m0/s1. The second-order valence-electron chi connectivity index (χ2n) is 6.50. The van der Waals surface area contributed by atoms with Crippen molar-refractivity contribution in [2.24, 2.45) is 11.8 Å². The zero-order chi connectivity index (χ0) is 15.6. The summed E-state index contributed by atoms with van der Waals surface area (Å²) >= 11 is 0. The Labute approximate surface area is 125 Å². The Kier molecular flexibility index (Phi) is 4.47. The van der Waals surface area contributed by atoms with Gasteiger partial charge in [0, 0.05) is 11.5 Å². The van der Waals surface area contributed by atoms with Crippen molar-refractivity contribution >= 4 is 16.9 Å². The van der Waals surface area contributed by atoms with Crippen LogP contribution in [0.1, 0.15) is 44.8 Å². The Bertz CT molecular complexity index is 596. The molecule has 0 aliphatic carbocycles. The van der Waals surface area contributed by atoms with E-state index in [9.17, 15) is 4.79 Å². The van der Waals surface area contributed by atoms with Gasteiger partial charge in [-0.3, -0.25) is 4.79 Å². The number of nitrogens with one attached hydrogen (secondary N) is 1. The van der Waals surface area contributed by atoms with Gasteiger partial charge in [0.15, 0.2) is 5.58 Å². The molecule has 2 aromatic rings. The van der Waals surface area contributed by atoms with E-state index in [1.807, 2.05) is 45.2 Å². The maximum atomic E-state index is 12.9. The fourth-order valence-corrected chi connectivity index (χ4v) is 2.50. The highest BCUT2D eigenvalue weighted by Crippen LogP contribution is 2.28. The van der Waals surface area contributed by atoms with Crippen LogP contribution in [0.25, 0.3) is 11.1 Å². The van der Waals surface area contributed by atoms with Gasteiger partial charge in [-0.15, -0.1) is 0 Å². The lowest BCUT2D eigenvalue weighted by atomic mass is 9.78. The average Bonchev–Trinajstić information content (AvgIpc) is 2.87. The van der Waals surface area contributed by atoms with Crippen molar-refractivity contribution < 1.29 is 9.21 Å². The Morgan fingerprint density at radius 3 is 2.57 bits per heavy atom. The topological polar surface area (TPSA) is 55.1 Å². The molecule has 4 nitrogen and oxygen atoms in total. The molecule has 0 aliphatic rings. The number of oxazole rings is 1. The molecule has 0 amide bonds. The van der Waals surface area contributed by atoms with E-state index in [-0.39, 0.29) is 23.1 Å². The quantitative estimate of drug-likeness (QED) is 0.824. The van der Waals surface area contributed by atoms with Gasteiger partial charge in [-0.1, -0.05) is 26.0 Å². The number of carbonyl (C=O) groups is 1. The fourth-order valence-electron chi connectivity index (χ4n) is 2.50. The van der Waals surface area contributed by atoms with Gasteiger partial charge in [-0.25, -0.2) is 4.98 Å². The van der Waals surface area contributed by atoms with Crippen LogP contribution in [0.5, 0.6) is 0 Å². The minimum Gasteiger partial charge on any atom is -0.434 e. The molecule has 21 heavy (non-hydrogen) atoms. The largest absolute Gasteiger partial charge is 0.434 e. The molecule has 114 valence electrons. The van der Waals surface area contributed by atoms with Crippen LogP contribution in [-0.2, 0) is 0 Å². The van der Waals surface area contributed by atoms with Crippen molar-refractivity contribution in [3.8, 4) is 0 Å². The van der Waals surface area contributed by atoms with Crippen LogP contribution in [-0.4, -0.2) is 23.4 Å². The highest BCUT2D eigenvalue weighted by atomic mass is 16.4. The third kappa shape index (κ3) is 3.32. The molecule has 0 spiro atoms. The zero-order valence-corrected chi connectivity index (χ0v) is 13.4. The summed E-state index contributed by atoms with van der Waals surface area (Å²) in [6.45, 7) is 8.33. The first-order chi connectivity index (χ1) is 9.85. The lowest BCUT2D eigenvalue weighted by molar-refractivity contribution is 0.0784. The van der Waals surface area contributed by atoms with Gasteiger partial charge in [-0.05, 0) is 45.4 Å². The first-order valence-corrected chi connectivity index (χ1v) is 7.44. The molecule has 0 fully saturated rings. The summed E-state index contributed by atoms with van der Waals surface area (Å²) in [6.07, 6.45) is 0.797. The first-order valence-electron chi connectivity index (χ1n) is 7.44. The number of Topliss-reactive ketones (excluding diaryl/α,β-unsaturated/α-hetero) is 1. The van der Waals surface area contributed by atoms with Crippen LogP contribution in [0.15, 0.2) is 28.7 Å². The van der Waals surface area contributed by atoms with Gasteiger partial charge in [0.05, 0.1) is 0 Å². The molecule has 1 atom stereocenters. The second-order valence-corrected chi connectivity index (χ2v) is 6.50. The minimum absolute atomic E-state index is 0.0285. The van der Waals surface area contributed by atoms with Gasteiger partial charge in [0.2, 0.25) is 5.78 Å². The number of rotatable bonds is 6. The molecule has 0 saturated carbocycles. The summed E-state index contributed by atoms with van der Waals surface area (Å²) in [6, 6.07) is 7.46. The predicted molar refractivity (Wildman–Crippen MR) is 84.4 cm³/mol. The van der Waals surface area contributed by atoms with Gasteiger partial charge >= 0.3 is 0 Å². The Balaban J connectivity index is 2.37. The van der Waals surface area contributed by atoms with E-state index in [0.717, 1.165) is 11.9 Å². The highest BCUT2D eigenvalue weighted by Gasteiger charge is 2.37. The van der Waals surface area contributed by atoms with Gasteiger partial charge in [0.25, 0.3) is 5.89 Å². The molecule has 1 aromatic carbocycles. The van der Waals surface area contributed by atoms with Crippen LogP contribution in [0.4, 0.5) is 0 Å². The SMILES string of the molecule is CNC(C)(C)[C@@H](CC(C)C)C(=O)c1nc2ccccc2o1. The summed E-state index contributed by atoms with van der Waals surface area (Å²) in [5.74, 6) is 0.441. The summed E-state index contributed by atoms with van der Waals surface area (Å²) in [5.41, 5.74) is 1.08. The van der Waals surface area contributed by atoms with Crippen LogP contribution in [0.3, 0.4) is 0 Å². The Morgan fingerprint density at radius 1 is 1.33 bits per heavy atom. The van der Waals surface area contributed by atoms with E-state index in [0.29, 0.717) is 11.5 Å². The third-order valence-corrected chi connectivity index (χ3v) is 4.04. The Hall–Kier alpha value is -1.68. The minimum atomic E-state index is -0.304. The molecule has 0 aliphatic heterocycles. The van der Waals surface area contributed by atoms with Crippen LogP contribution >= 0.6 is 0 Å². The van der Waals surface area contributed by atoms with E-state index in [4.69, 9.17) is 4.42 Å². The molecule has 1 aromatic heterocycles. The summed E-state index contributed by atoms with van der Waals surface area (Å²) < 4.78 is 5.64. The molecule has 1 heterocycles. The fraction of sp³-hybridized carbons (Fsp3) is 0.529. The monoisotopic (exact) mass is 288 g/mol. The van der Waals surface area contributed by atoms with Gasteiger partial charge in [0.1, 0.15) is 5.52 Å². The first kappa shape index (κ1) is 15.7. The van der Waals surface area contributed by atoms with E-state index < -0.39 is 0 Å². The molecule has 0 bridgehead atoms. The number of aromatic nitrogens is 1. The smallest absolute Gasteiger partial charge is 0.264 e. The van der Waals surface area contributed by atoms with Gasteiger partial charge in [-0.2, -0.15) is 0 Å². The predicted octanol–water partition coefficient (Wildman–Crippen LogP) is 3.67. The number of hydrogen-bond acceptors (Lipinski definition) is 4. The molecule has 0 radical (unpaired) electrons. The average molecular weight is 288 g/mol. The number of fused-ring (bicyclic) bond motifs is 1. The van der Waals surface area contributed by atoms with Crippen LogP contribution < -0.4 is 5.32 Å². The number of benzene rings is 1. The van der Waals surface area contributed by atoms with Crippen molar-refractivity contribution in [1.82, 2.24) is 10.3 Å². The van der Waals surface area contributed by atoms with Crippen molar-refractivity contribution in [1.29, 1.82) is 0 Å². The lowest BCUT2D eigenvalue weighted by Gasteiger charge is -2.33. The van der Waals surface area contributed by atoms with E-state index >= 15 is 0 Å². The van der Waals surface area contributed by atoms with Crippen molar-refractivity contribution in [3.05, 3.63) is 30.2 Å². The Morgan fingerprint density at radius 2 is 2.00 bits per heavy atom. The number of para-hydroxylation sites is 2. The molecular formula is C17H24N2O2. The second kappa shape index (κ2) is 5.98. The lowest BCUT2D eigenvalue weighted by Crippen LogP contribution is -2.48. The molecule has 0 unspecified atom stereocenters. The van der Waals surface area contributed by atoms with E-state index in [1.165, 1.54) is 0 Å². The number of carbonyl (C=O) groups excluding carboxylic acids is 1. The number of hydrogen-bond donors (Lipinski definition) is 1. The summed E-state index contributed by atoms with van der Waals surface area (Å²) in [5, 5.41) is 3.24. The van der Waals surface area contributed by atoms with E-state index in [1.54, 1.807) is 0 Å². The highest BCUT2D eigenvalue weighted by molar-refractivity contribution is 5.96. The molecule has 0 saturated heterocycles. The molecule has 4 heteroatoms.